The van der Waals surface area contributed by atoms with Gasteiger partial charge in [-0.2, -0.15) is 0 Å². The lowest BCUT2D eigenvalue weighted by molar-refractivity contribution is -0.135. The Balaban J connectivity index is 2.47. The molecule has 21 heavy (non-hydrogen) atoms. The molecule has 0 saturated heterocycles. The van der Waals surface area contributed by atoms with Crippen LogP contribution in [0.2, 0.25) is 0 Å². The molecule has 0 heterocycles. The first-order valence-corrected chi connectivity index (χ1v) is 8.66. The van der Waals surface area contributed by atoms with E-state index >= 15 is 0 Å². The molecular weight excluding hydrogens is 264 g/mol. The maximum absolute atomic E-state index is 12.4. The molecule has 1 amide bonds. The fourth-order valence-electron chi connectivity index (χ4n) is 3.27. The van der Waals surface area contributed by atoms with Gasteiger partial charge in [-0.15, -0.1) is 0 Å². The summed E-state index contributed by atoms with van der Waals surface area (Å²) < 4.78 is 0. The van der Waals surface area contributed by atoms with Crippen LogP contribution in [0, 0.1) is 11.8 Å². The minimum atomic E-state index is -0.0884. The maximum Gasteiger partial charge on any atom is 0.223 e. The van der Waals surface area contributed by atoms with Gasteiger partial charge in [-0.05, 0) is 32.4 Å². The molecular formula is C17H32N2O2. The van der Waals surface area contributed by atoms with Gasteiger partial charge in [0.15, 0.2) is 0 Å². The Hall–Kier alpha value is -0.900. The van der Waals surface area contributed by atoms with E-state index < -0.39 is 0 Å². The topological polar surface area (TPSA) is 49.4 Å². The summed E-state index contributed by atoms with van der Waals surface area (Å²) in [5.74, 6) is 0.263. The zero-order chi connectivity index (χ0) is 15.7. The summed E-state index contributed by atoms with van der Waals surface area (Å²) in [7, 11) is 0. The quantitative estimate of drug-likeness (QED) is 0.711. The number of rotatable bonds is 9. The second-order valence-corrected chi connectivity index (χ2v) is 6.03. The summed E-state index contributed by atoms with van der Waals surface area (Å²) >= 11 is 0. The van der Waals surface area contributed by atoms with Crippen molar-refractivity contribution in [2.45, 2.75) is 59.3 Å². The number of hydrogen-bond acceptors (Lipinski definition) is 3. The second-order valence-electron chi connectivity index (χ2n) is 6.03. The highest BCUT2D eigenvalue weighted by molar-refractivity contribution is 5.89. The van der Waals surface area contributed by atoms with Gasteiger partial charge in [-0.25, -0.2) is 0 Å². The van der Waals surface area contributed by atoms with Crippen LogP contribution in [0.3, 0.4) is 0 Å². The van der Waals surface area contributed by atoms with Crippen LogP contribution in [0.1, 0.15) is 59.3 Å². The molecule has 4 nitrogen and oxygen atoms in total. The van der Waals surface area contributed by atoms with E-state index in [1.165, 1.54) is 0 Å². The fourth-order valence-corrected chi connectivity index (χ4v) is 3.27. The normalized spacial score (nSPS) is 22.3. The van der Waals surface area contributed by atoms with Gasteiger partial charge in [0.25, 0.3) is 0 Å². The van der Waals surface area contributed by atoms with E-state index in [1.54, 1.807) is 0 Å². The first kappa shape index (κ1) is 18.1. The first-order chi connectivity index (χ1) is 10.1. The molecule has 2 atom stereocenters. The van der Waals surface area contributed by atoms with Gasteiger partial charge in [0.1, 0.15) is 5.78 Å². The van der Waals surface area contributed by atoms with Crippen molar-refractivity contribution in [3.05, 3.63) is 0 Å². The van der Waals surface area contributed by atoms with Crippen LogP contribution < -0.4 is 5.32 Å². The number of hydrogen-bond donors (Lipinski definition) is 1. The van der Waals surface area contributed by atoms with E-state index in [9.17, 15) is 9.59 Å². The van der Waals surface area contributed by atoms with Crippen molar-refractivity contribution in [3.8, 4) is 0 Å². The molecule has 1 aliphatic carbocycles. The van der Waals surface area contributed by atoms with Crippen molar-refractivity contribution in [2.75, 3.05) is 26.2 Å². The van der Waals surface area contributed by atoms with Crippen LogP contribution in [-0.4, -0.2) is 42.8 Å². The monoisotopic (exact) mass is 296 g/mol. The van der Waals surface area contributed by atoms with Crippen LogP contribution >= 0.6 is 0 Å². The maximum atomic E-state index is 12.4. The molecule has 1 aliphatic rings. The number of nitrogens with one attached hydrogen (secondary N) is 1. The highest BCUT2D eigenvalue weighted by atomic mass is 16.2. The lowest BCUT2D eigenvalue weighted by Crippen LogP contribution is -2.42. The lowest BCUT2D eigenvalue weighted by Gasteiger charge is -2.30. The highest BCUT2D eigenvalue weighted by Crippen LogP contribution is 2.31. The number of amides is 1. The Morgan fingerprint density at radius 1 is 1.05 bits per heavy atom. The molecule has 0 aromatic heterocycles. The van der Waals surface area contributed by atoms with Crippen LogP contribution in [-0.2, 0) is 9.59 Å². The molecule has 1 saturated carbocycles. The Kier molecular flexibility index (Phi) is 8.58. The molecule has 0 aromatic rings. The molecule has 0 radical (unpaired) electrons. The molecule has 1 rings (SSSR count). The predicted octanol–water partition coefficient (Wildman–Crippen LogP) is 2.62. The third-order valence-corrected chi connectivity index (χ3v) is 4.63. The lowest BCUT2D eigenvalue weighted by atomic mass is 9.75. The van der Waals surface area contributed by atoms with Gasteiger partial charge < -0.3 is 10.2 Å². The standard InChI is InChI=1S/C17H32N2O2/c1-4-9-16(20)14-10-7-8-11-15(14)17(21)18-12-13-19(5-2)6-3/h14-15H,4-13H2,1-3H3,(H,18,21)/t14-,15+/m0/s1. The number of likely N-dealkylation sites (N-methyl/N-ethyl adjacent to an activating group) is 1. The summed E-state index contributed by atoms with van der Waals surface area (Å²) in [5.41, 5.74) is 0. The van der Waals surface area contributed by atoms with Crippen LogP contribution in [0.4, 0.5) is 0 Å². The van der Waals surface area contributed by atoms with Crippen LogP contribution in [0.25, 0.3) is 0 Å². The van der Waals surface area contributed by atoms with Gasteiger partial charge in [0, 0.05) is 31.3 Å². The van der Waals surface area contributed by atoms with Crippen molar-refractivity contribution in [3.63, 3.8) is 0 Å². The van der Waals surface area contributed by atoms with Gasteiger partial charge in [-0.1, -0.05) is 33.6 Å². The minimum Gasteiger partial charge on any atom is -0.355 e. The Morgan fingerprint density at radius 2 is 1.67 bits per heavy atom. The number of ketones is 1. The third-order valence-electron chi connectivity index (χ3n) is 4.63. The van der Waals surface area contributed by atoms with Crippen molar-refractivity contribution < 1.29 is 9.59 Å². The van der Waals surface area contributed by atoms with Gasteiger partial charge in [0.05, 0.1) is 0 Å². The Bertz CT molecular complexity index is 327. The molecule has 0 aromatic carbocycles. The van der Waals surface area contributed by atoms with Crippen molar-refractivity contribution in [1.82, 2.24) is 10.2 Å². The average molecular weight is 296 g/mol. The predicted molar refractivity (Wildman–Crippen MR) is 86.2 cm³/mol. The molecule has 1 fully saturated rings. The zero-order valence-electron chi connectivity index (χ0n) is 14.0. The van der Waals surface area contributed by atoms with Crippen LogP contribution in [0.5, 0.6) is 0 Å². The highest BCUT2D eigenvalue weighted by Gasteiger charge is 2.34. The second kappa shape index (κ2) is 9.93. The molecule has 4 heteroatoms. The molecule has 0 bridgehead atoms. The molecule has 0 spiro atoms. The smallest absolute Gasteiger partial charge is 0.223 e. The van der Waals surface area contributed by atoms with Gasteiger partial charge in [-0.3, -0.25) is 9.59 Å². The van der Waals surface area contributed by atoms with E-state index in [4.69, 9.17) is 0 Å². The van der Waals surface area contributed by atoms with Gasteiger partial charge >= 0.3 is 0 Å². The van der Waals surface area contributed by atoms with E-state index in [0.717, 1.165) is 51.7 Å². The van der Waals surface area contributed by atoms with Gasteiger partial charge in [0.2, 0.25) is 5.91 Å². The van der Waals surface area contributed by atoms with E-state index in [1.807, 2.05) is 6.92 Å². The van der Waals surface area contributed by atoms with Crippen LogP contribution in [0.15, 0.2) is 0 Å². The third kappa shape index (κ3) is 5.77. The largest absolute Gasteiger partial charge is 0.355 e. The number of Topliss-reactive ketones (excluding diaryl/α,β-unsaturated/α-hetero) is 1. The number of carbonyl (C=O) groups excluding carboxylic acids is 2. The average Bonchev–Trinajstić information content (AvgIpc) is 2.51. The summed E-state index contributed by atoms with van der Waals surface area (Å²) in [6.07, 6.45) is 5.43. The minimum absolute atomic E-state index is 0.0350. The van der Waals surface area contributed by atoms with Crippen molar-refractivity contribution >= 4 is 11.7 Å². The summed E-state index contributed by atoms with van der Waals surface area (Å²) in [4.78, 5) is 26.9. The number of carbonyl (C=O) groups is 2. The Morgan fingerprint density at radius 3 is 2.24 bits per heavy atom. The molecule has 0 aliphatic heterocycles. The summed E-state index contributed by atoms with van der Waals surface area (Å²) in [6, 6.07) is 0. The van der Waals surface area contributed by atoms with E-state index in [2.05, 4.69) is 24.1 Å². The molecule has 122 valence electrons. The van der Waals surface area contributed by atoms with E-state index in [-0.39, 0.29) is 17.7 Å². The van der Waals surface area contributed by atoms with Crippen molar-refractivity contribution in [1.29, 1.82) is 0 Å². The molecule has 1 N–H and O–H groups in total. The zero-order valence-corrected chi connectivity index (χ0v) is 14.0. The number of nitrogens with zero attached hydrogens (tertiary/aromatic N) is 1. The first-order valence-electron chi connectivity index (χ1n) is 8.66. The van der Waals surface area contributed by atoms with E-state index in [0.29, 0.717) is 18.7 Å². The van der Waals surface area contributed by atoms with Crippen molar-refractivity contribution in [2.24, 2.45) is 11.8 Å². The summed E-state index contributed by atoms with van der Waals surface area (Å²) in [6.45, 7) is 9.88. The molecule has 0 unspecified atom stereocenters. The summed E-state index contributed by atoms with van der Waals surface area (Å²) in [5, 5.41) is 3.05. The Labute approximate surface area is 129 Å². The SMILES string of the molecule is CCCC(=O)[C@H]1CCCC[C@H]1C(=O)NCCN(CC)CC. The fraction of sp³-hybridized carbons (Fsp3) is 0.882.